The number of ether oxygens (including phenoxy) is 1. The van der Waals surface area contributed by atoms with E-state index in [1.165, 1.54) is 25.7 Å². The molecule has 1 saturated heterocycles. The van der Waals surface area contributed by atoms with Gasteiger partial charge >= 0.3 is 0 Å². The molecule has 1 fully saturated rings. The van der Waals surface area contributed by atoms with Crippen molar-refractivity contribution in [3.05, 3.63) is 0 Å². The normalized spacial score (nSPS) is 19.9. The molecule has 0 aromatic rings. The number of hydrogen-bond acceptors (Lipinski definition) is 3. The minimum absolute atomic E-state index is 0.187. The molecule has 0 saturated carbocycles. The molecular formula is C12H23NO2. The number of Topliss-reactive ketones (excluding diaryl/α,β-unsaturated/α-hetero) is 1. The molecule has 0 aliphatic carbocycles. The summed E-state index contributed by atoms with van der Waals surface area (Å²) in [5.74, 6) is 0.187. The van der Waals surface area contributed by atoms with E-state index in [0.29, 0.717) is 0 Å². The summed E-state index contributed by atoms with van der Waals surface area (Å²) < 4.78 is 4.94. The summed E-state index contributed by atoms with van der Waals surface area (Å²) in [6.07, 6.45) is 5.02. The number of hydrogen-bond donors (Lipinski definition) is 0. The summed E-state index contributed by atoms with van der Waals surface area (Å²) in [5, 5.41) is 0. The molecule has 0 bridgehead atoms. The van der Waals surface area contributed by atoms with Gasteiger partial charge in [0.2, 0.25) is 0 Å². The van der Waals surface area contributed by atoms with E-state index in [4.69, 9.17) is 4.74 Å². The maximum Gasteiger partial charge on any atom is 0.178 e. The first-order valence-corrected chi connectivity index (χ1v) is 5.86. The van der Waals surface area contributed by atoms with Crippen molar-refractivity contribution < 1.29 is 9.53 Å². The molecule has 15 heavy (non-hydrogen) atoms. The monoisotopic (exact) mass is 213 g/mol. The molecule has 1 aliphatic rings. The zero-order valence-electron chi connectivity index (χ0n) is 10.2. The topological polar surface area (TPSA) is 29.5 Å². The smallest absolute Gasteiger partial charge is 0.178 e. The molecule has 0 atom stereocenters. The summed E-state index contributed by atoms with van der Waals surface area (Å²) in [6.45, 7) is 6.34. The van der Waals surface area contributed by atoms with E-state index in [2.05, 4.69) is 4.90 Å². The van der Waals surface area contributed by atoms with E-state index >= 15 is 0 Å². The highest BCUT2D eigenvalue weighted by molar-refractivity contribution is 5.88. The van der Waals surface area contributed by atoms with Crippen LogP contribution < -0.4 is 0 Å². The van der Waals surface area contributed by atoms with E-state index in [-0.39, 0.29) is 17.9 Å². The van der Waals surface area contributed by atoms with Crippen LogP contribution in [0.15, 0.2) is 0 Å². The van der Waals surface area contributed by atoms with Gasteiger partial charge < -0.3 is 4.74 Å². The summed E-state index contributed by atoms with van der Waals surface area (Å²) in [5.41, 5.74) is -0.361. The molecule has 1 heterocycles. The average molecular weight is 213 g/mol. The molecule has 3 nitrogen and oxygen atoms in total. The Morgan fingerprint density at radius 3 is 2.20 bits per heavy atom. The maximum atomic E-state index is 11.9. The number of rotatable bonds is 4. The molecule has 0 unspecified atom stereocenters. The highest BCUT2D eigenvalue weighted by Crippen LogP contribution is 2.21. The lowest BCUT2D eigenvalue weighted by Gasteiger charge is -2.36. The molecule has 0 aromatic carbocycles. The first kappa shape index (κ1) is 12.7. The third-order valence-electron chi connectivity index (χ3n) is 3.35. The number of carbonyl (C=O) groups excluding carboxylic acids is 1. The van der Waals surface area contributed by atoms with Crippen molar-refractivity contribution in [1.29, 1.82) is 0 Å². The number of carbonyl (C=O) groups is 1. The fourth-order valence-corrected chi connectivity index (χ4v) is 2.11. The van der Waals surface area contributed by atoms with Crippen LogP contribution in [-0.4, -0.2) is 43.0 Å². The Labute approximate surface area is 92.8 Å². The Morgan fingerprint density at radius 2 is 1.73 bits per heavy atom. The van der Waals surface area contributed by atoms with Gasteiger partial charge in [-0.15, -0.1) is 0 Å². The number of nitrogens with zero attached hydrogens (tertiary/aromatic N) is 1. The first-order chi connectivity index (χ1) is 7.09. The van der Waals surface area contributed by atoms with Gasteiger partial charge in [-0.1, -0.05) is 12.8 Å². The lowest BCUT2D eigenvalue weighted by atomic mass is 9.96. The Morgan fingerprint density at radius 1 is 1.20 bits per heavy atom. The van der Waals surface area contributed by atoms with Gasteiger partial charge in [0, 0.05) is 7.11 Å². The molecule has 1 rings (SSSR count). The largest absolute Gasteiger partial charge is 0.377 e. The lowest BCUT2D eigenvalue weighted by Crippen LogP contribution is -2.51. The van der Waals surface area contributed by atoms with E-state index in [1.54, 1.807) is 7.11 Å². The van der Waals surface area contributed by atoms with Gasteiger partial charge in [-0.3, -0.25) is 9.69 Å². The zero-order valence-corrected chi connectivity index (χ0v) is 10.2. The highest BCUT2D eigenvalue weighted by atomic mass is 16.5. The second kappa shape index (κ2) is 5.61. The van der Waals surface area contributed by atoms with Crippen molar-refractivity contribution in [3.63, 3.8) is 0 Å². The molecule has 0 spiro atoms. The number of likely N-dealkylation sites (tertiary alicyclic amines) is 1. The molecule has 1 aliphatic heterocycles. The molecule has 0 radical (unpaired) electrons. The minimum Gasteiger partial charge on any atom is -0.377 e. The van der Waals surface area contributed by atoms with Crippen LogP contribution in [0.5, 0.6) is 0 Å². The summed E-state index contributed by atoms with van der Waals surface area (Å²) >= 11 is 0. The fraction of sp³-hybridized carbons (Fsp3) is 0.917. The Kier molecular flexibility index (Phi) is 4.74. The van der Waals surface area contributed by atoms with Crippen molar-refractivity contribution >= 4 is 5.78 Å². The lowest BCUT2D eigenvalue weighted by molar-refractivity contribution is -0.133. The number of methoxy groups -OCH3 is 1. The van der Waals surface area contributed by atoms with Gasteiger partial charge in [0.1, 0.15) is 6.61 Å². The Hall–Kier alpha value is -0.410. The van der Waals surface area contributed by atoms with Gasteiger partial charge in [-0.25, -0.2) is 0 Å². The summed E-state index contributed by atoms with van der Waals surface area (Å²) in [4.78, 5) is 14.2. The minimum atomic E-state index is -0.361. The van der Waals surface area contributed by atoms with E-state index < -0.39 is 0 Å². The predicted octanol–water partition coefficient (Wildman–Crippen LogP) is 1.86. The third-order valence-corrected chi connectivity index (χ3v) is 3.35. The molecule has 88 valence electrons. The van der Waals surface area contributed by atoms with Crippen molar-refractivity contribution in [3.8, 4) is 0 Å². The first-order valence-electron chi connectivity index (χ1n) is 5.86. The molecule has 0 amide bonds. The van der Waals surface area contributed by atoms with Gasteiger partial charge in [0.05, 0.1) is 5.54 Å². The molecule has 0 N–H and O–H groups in total. The zero-order chi connectivity index (χ0) is 11.3. The van der Waals surface area contributed by atoms with Gasteiger partial charge in [-0.05, 0) is 39.8 Å². The van der Waals surface area contributed by atoms with Crippen LogP contribution in [0.2, 0.25) is 0 Å². The van der Waals surface area contributed by atoms with Gasteiger partial charge in [0.25, 0.3) is 0 Å². The predicted molar refractivity (Wildman–Crippen MR) is 61.0 cm³/mol. The quantitative estimate of drug-likeness (QED) is 0.714. The van der Waals surface area contributed by atoms with Crippen LogP contribution in [0.25, 0.3) is 0 Å². The van der Waals surface area contributed by atoms with E-state index in [0.717, 1.165) is 13.1 Å². The highest BCUT2D eigenvalue weighted by Gasteiger charge is 2.33. The van der Waals surface area contributed by atoms with E-state index in [1.807, 2.05) is 13.8 Å². The van der Waals surface area contributed by atoms with Crippen LogP contribution >= 0.6 is 0 Å². The fourth-order valence-electron chi connectivity index (χ4n) is 2.11. The SMILES string of the molecule is COCC(=O)C(C)(C)N1CCCCCC1. The maximum absolute atomic E-state index is 11.9. The van der Waals surface area contributed by atoms with Crippen molar-refractivity contribution in [2.75, 3.05) is 26.8 Å². The van der Waals surface area contributed by atoms with Crippen LogP contribution in [0, 0.1) is 0 Å². The van der Waals surface area contributed by atoms with Crippen LogP contribution in [-0.2, 0) is 9.53 Å². The summed E-state index contributed by atoms with van der Waals surface area (Å²) in [6, 6.07) is 0. The van der Waals surface area contributed by atoms with Crippen LogP contribution in [0.3, 0.4) is 0 Å². The molecule has 0 aromatic heterocycles. The third kappa shape index (κ3) is 3.28. The summed E-state index contributed by atoms with van der Waals surface area (Å²) in [7, 11) is 1.58. The molecule has 3 heteroatoms. The Bertz CT molecular complexity index is 206. The van der Waals surface area contributed by atoms with Gasteiger partial charge in [0.15, 0.2) is 5.78 Å². The van der Waals surface area contributed by atoms with Crippen molar-refractivity contribution in [2.24, 2.45) is 0 Å². The standard InChI is InChI=1S/C12H23NO2/c1-12(2,11(14)10-15-3)13-8-6-4-5-7-9-13/h4-10H2,1-3H3. The van der Waals surface area contributed by atoms with Crippen LogP contribution in [0.1, 0.15) is 39.5 Å². The van der Waals surface area contributed by atoms with Gasteiger partial charge in [-0.2, -0.15) is 0 Å². The van der Waals surface area contributed by atoms with E-state index in [9.17, 15) is 4.79 Å². The van der Waals surface area contributed by atoms with Crippen molar-refractivity contribution in [1.82, 2.24) is 4.90 Å². The second-order valence-electron chi connectivity index (χ2n) is 4.82. The second-order valence-corrected chi connectivity index (χ2v) is 4.82. The molecular weight excluding hydrogens is 190 g/mol. The average Bonchev–Trinajstić information content (AvgIpc) is 2.46. The van der Waals surface area contributed by atoms with Crippen LogP contribution in [0.4, 0.5) is 0 Å². The van der Waals surface area contributed by atoms with Crippen molar-refractivity contribution in [2.45, 2.75) is 45.1 Å². The Balaban J connectivity index is 2.60. The number of ketones is 1.